The fourth-order valence-corrected chi connectivity index (χ4v) is 2.60. The summed E-state index contributed by atoms with van der Waals surface area (Å²) in [6.45, 7) is 6.91. The van der Waals surface area contributed by atoms with Gasteiger partial charge in [-0.05, 0) is 41.9 Å². The molecule has 16 heavy (non-hydrogen) atoms. The first-order valence-electron chi connectivity index (χ1n) is 5.80. The van der Waals surface area contributed by atoms with Crippen molar-refractivity contribution in [2.75, 3.05) is 5.73 Å². The lowest BCUT2D eigenvalue weighted by molar-refractivity contribution is 0.180. The minimum atomic E-state index is 0.349. The molecule has 0 bridgehead atoms. The summed E-state index contributed by atoms with van der Waals surface area (Å²) in [6, 6.07) is 6.00. The predicted octanol–water partition coefficient (Wildman–Crippen LogP) is 4.30. The summed E-state index contributed by atoms with van der Waals surface area (Å²) in [5.74, 6) is 2.23. The van der Waals surface area contributed by atoms with Crippen molar-refractivity contribution in [2.24, 2.45) is 11.3 Å². The standard InChI is InChI=1S/C14H19ClN/c1-14(2,3)11-6-5-10(11)9-4-7-12(15)13(16)8-9/h4,7-8,11H,5-6,16H2,1-3H3. The lowest BCUT2D eigenvalue weighted by atomic mass is 9.59. The van der Waals surface area contributed by atoms with Crippen LogP contribution in [0.3, 0.4) is 0 Å². The van der Waals surface area contributed by atoms with E-state index in [1.165, 1.54) is 24.3 Å². The number of benzene rings is 1. The summed E-state index contributed by atoms with van der Waals surface area (Å²) >= 11 is 5.94. The van der Waals surface area contributed by atoms with Gasteiger partial charge in [0.15, 0.2) is 0 Å². The van der Waals surface area contributed by atoms with Crippen LogP contribution in [0.15, 0.2) is 18.2 Å². The molecule has 0 heterocycles. The first-order chi connectivity index (χ1) is 7.39. The molecule has 1 aliphatic rings. The van der Waals surface area contributed by atoms with E-state index in [0.717, 1.165) is 0 Å². The van der Waals surface area contributed by atoms with Crippen LogP contribution in [0.1, 0.15) is 39.2 Å². The lowest BCUT2D eigenvalue weighted by Gasteiger charge is -2.45. The molecule has 1 saturated carbocycles. The van der Waals surface area contributed by atoms with E-state index in [-0.39, 0.29) is 0 Å². The third kappa shape index (κ3) is 2.06. The molecule has 0 amide bonds. The maximum Gasteiger partial charge on any atom is 0.0635 e. The van der Waals surface area contributed by atoms with Gasteiger partial charge in [-0.3, -0.25) is 0 Å². The number of nitrogens with two attached hydrogens (primary N) is 1. The van der Waals surface area contributed by atoms with Gasteiger partial charge < -0.3 is 5.73 Å². The molecule has 1 atom stereocenters. The minimum absolute atomic E-state index is 0.349. The summed E-state index contributed by atoms with van der Waals surface area (Å²) in [4.78, 5) is 0. The van der Waals surface area contributed by atoms with Crippen molar-refractivity contribution in [3.63, 3.8) is 0 Å². The molecule has 1 fully saturated rings. The summed E-state index contributed by atoms with van der Waals surface area (Å²) < 4.78 is 0. The molecule has 2 N–H and O–H groups in total. The van der Waals surface area contributed by atoms with Crippen LogP contribution in [0, 0.1) is 17.3 Å². The van der Waals surface area contributed by atoms with Crippen LogP contribution in [0.25, 0.3) is 0 Å². The van der Waals surface area contributed by atoms with Crippen molar-refractivity contribution in [3.05, 3.63) is 34.7 Å². The van der Waals surface area contributed by atoms with E-state index in [0.29, 0.717) is 22.0 Å². The Bertz CT molecular complexity index is 392. The smallest absolute Gasteiger partial charge is 0.0635 e. The Morgan fingerprint density at radius 1 is 1.31 bits per heavy atom. The van der Waals surface area contributed by atoms with Gasteiger partial charge in [-0.2, -0.15) is 0 Å². The summed E-state index contributed by atoms with van der Waals surface area (Å²) in [7, 11) is 0. The van der Waals surface area contributed by atoms with E-state index >= 15 is 0 Å². The molecule has 0 saturated heterocycles. The van der Waals surface area contributed by atoms with E-state index in [2.05, 4.69) is 26.8 Å². The average molecular weight is 237 g/mol. The van der Waals surface area contributed by atoms with Gasteiger partial charge in [0, 0.05) is 5.92 Å². The zero-order chi connectivity index (χ0) is 11.9. The lowest BCUT2D eigenvalue weighted by Crippen LogP contribution is -2.35. The average Bonchev–Trinajstić information content (AvgIpc) is 2.06. The highest BCUT2D eigenvalue weighted by atomic mass is 35.5. The van der Waals surface area contributed by atoms with Gasteiger partial charge in [-0.25, -0.2) is 0 Å². The first kappa shape index (κ1) is 11.8. The molecule has 1 aliphatic carbocycles. The van der Waals surface area contributed by atoms with Crippen molar-refractivity contribution in [1.29, 1.82) is 0 Å². The number of halogens is 1. The van der Waals surface area contributed by atoms with Crippen LogP contribution in [-0.4, -0.2) is 0 Å². The molecule has 2 heteroatoms. The van der Waals surface area contributed by atoms with E-state index < -0.39 is 0 Å². The summed E-state index contributed by atoms with van der Waals surface area (Å²) in [5.41, 5.74) is 8.15. The van der Waals surface area contributed by atoms with Crippen LogP contribution in [0.4, 0.5) is 5.69 Å². The molecule has 0 aliphatic heterocycles. The molecule has 87 valence electrons. The van der Waals surface area contributed by atoms with Crippen LogP contribution in [0.2, 0.25) is 5.02 Å². The number of hydrogen-bond acceptors (Lipinski definition) is 1. The first-order valence-corrected chi connectivity index (χ1v) is 6.18. The second-order valence-corrected chi connectivity index (χ2v) is 6.13. The molecule has 0 spiro atoms. The third-order valence-corrected chi connectivity index (χ3v) is 3.88. The van der Waals surface area contributed by atoms with Crippen LogP contribution in [-0.2, 0) is 0 Å². The van der Waals surface area contributed by atoms with Gasteiger partial charge in [-0.15, -0.1) is 0 Å². The van der Waals surface area contributed by atoms with Gasteiger partial charge >= 0.3 is 0 Å². The molecular weight excluding hydrogens is 218 g/mol. The Balaban J connectivity index is 2.22. The Kier molecular flexibility index (Phi) is 2.91. The number of nitrogen functional groups attached to an aromatic ring is 1. The molecule has 1 radical (unpaired) electrons. The van der Waals surface area contributed by atoms with E-state index in [9.17, 15) is 0 Å². The highest BCUT2D eigenvalue weighted by Crippen LogP contribution is 2.51. The summed E-state index contributed by atoms with van der Waals surface area (Å²) in [5, 5.41) is 0.649. The quantitative estimate of drug-likeness (QED) is 0.723. The highest BCUT2D eigenvalue weighted by Gasteiger charge is 2.40. The van der Waals surface area contributed by atoms with Crippen molar-refractivity contribution < 1.29 is 0 Å². The minimum Gasteiger partial charge on any atom is -0.398 e. The van der Waals surface area contributed by atoms with Crippen molar-refractivity contribution >= 4 is 17.3 Å². The Morgan fingerprint density at radius 3 is 2.44 bits per heavy atom. The van der Waals surface area contributed by atoms with Gasteiger partial charge in [-0.1, -0.05) is 38.4 Å². The Hall–Kier alpha value is -0.690. The SMILES string of the molecule is CC(C)(C)C1CC[C]1c1ccc(Cl)c(N)c1. The van der Waals surface area contributed by atoms with Crippen molar-refractivity contribution in [3.8, 4) is 0 Å². The zero-order valence-corrected chi connectivity index (χ0v) is 10.9. The number of anilines is 1. The number of rotatable bonds is 1. The van der Waals surface area contributed by atoms with Crippen molar-refractivity contribution in [1.82, 2.24) is 0 Å². The molecule has 1 aromatic rings. The summed E-state index contributed by atoms with van der Waals surface area (Å²) in [6.07, 6.45) is 2.49. The Morgan fingerprint density at radius 2 is 2.00 bits per heavy atom. The maximum atomic E-state index is 5.94. The highest BCUT2D eigenvalue weighted by molar-refractivity contribution is 6.33. The van der Waals surface area contributed by atoms with Crippen LogP contribution in [0.5, 0.6) is 0 Å². The van der Waals surface area contributed by atoms with E-state index in [1.807, 2.05) is 12.1 Å². The van der Waals surface area contributed by atoms with Gasteiger partial charge in [0.25, 0.3) is 0 Å². The zero-order valence-electron chi connectivity index (χ0n) is 10.2. The molecule has 0 aromatic heterocycles. The fourth-order valence-electron chi connectivity index (χ4n) is 2.48. The largest absolute Gasteiger partial charge is 0.398 e. The second kappa shape index (κ2) is 3.96. The predicted molar refractivity (Wildman–Crippen MR) is 70.4 cm³/mol. The van der Waals surface area contributed by atoms with E-state index in [1.54, 1.807) is 0 Å². The van der Waals surface area contributed by atoms with Crippen LogP contribution < -0.4 is 5.73 Å². The van der Waals surface area contributed by atoms with E-state index in [4.69, 9.17) is 17.3 Å². The molecule has 2 rings (SSSR count). The molecular formula is C14H19ClN. The normalized spacial score (nSPS) is 21.9. The molecule has 1 nitrogen and oxygen atoms in total. The van der Waals surface area contributed by atoms with Crippen LogP contribution >= 0.6 is 11.6 Å². The fraction of sp³-hybridized carbons (Fsp3) is 0.500. The monoisotopic (exact) mass is 236 g/mol. The van der Waals surface area contributed by atoms with Gasteiger partial charge in [0.05, 0.1) is 10.7 Å². The van der Waals surface area contributed by atoms with Gasteiger partial charge in [0.2, 0.25) is 0 Å². The van der Waals surface area contributed by atoms with Gasteiger partial charge in [0.1, 0.15) is 0 Å². The van der Waals surface area contributed by atoms with Crippen molar-refractivity contribution in [2.45, 2.75) is 33.6 Å². The topological polar surface area (TPSA) is 26.0 Å². The Labute approximate surface area is 103 Å². The second-order valence-electron chi connectivity index (χ2n) is 5.72. The number of hydrogen-bond donors (Lipinski definition) is 1. The molecule has 1 unspecified atom stereocenters. The third-order valence-electron chi connectivity index (χ3n) is 3.54. The molecule has 1 aromatic carbocycles. The maximum absolute atomic E-state index is 5.94.